The Hall–Kier alpha value is -3.67. The quantitative estimate of drug-likeness (QED) is 0.329. The summed E-state index contributed by atoms with van der Waals surface area (Å²) >= 11 is 6.66. The van der Waals surface area contributed by atoms with E-state index in [2.05, 4.69) is 64.9 Å². The number of hydrogen-bond acceptors (Lipinski definition) is 7. The van der Waals surface area contributed by atoms with Crippen LogP contribution in [0.4, 0.5) is 11.4 Å². The third kappa shape index (κ3) is 5.38. The summed E-state index contributed by atoms with van der Waals surface area (Å²) in [5.74, 6) is 0. The first-order valence-electron chi connectivity index (χ1n) is 12.6. The maximum absolute atomic E-state index is 9.87. The van der Waals surface area contributed by atoms with Gasteiger partial charge < -0.3 is 15.5 Å². The predicted molar refractivity (Wildman–Crippen MR) is 148 cm³/mol. The molecular weight excluding hydrogens is 484 g/mol. The summed E-state index contributed by atoms with van der Waals surface area (Å²) in [6.45, 7) is 6.19. The molecule has 0 amide bonds. The number of likely N-dealkylation sites (tertiary alicyclic amines) is 1. The van der Waals surface area contributed by atoms with Gasteiger partial charge in [-0.2, -0.15) is 5.26 Å². The molecule has 1 atom stereocenters. The fourth-order valence-corrected chi connectivity index (χ4v) is 5.00. The second-order valence-electron chi connectivity index (χ2n) is 9.94. The molecule has 9 heteroatoms. The molecule has 0 saturated carbocycles. The van der Waals surface area contributed by atoms with Gasteiger partial charge in [0.05, 0.1) is 34.7 Å². The Balaban J connectivity index is 1.57. The van der Waals surface area contributed by atoms with E-state index in [-0.39, 0.29) is 18.1 Å². The molecule has 1 aliphatic heterocycles. The average molecular weight is 515 g/mol. The molecule has 190 valence electrons. The SMILES string of the molecule is CC(C)n1cc([C@@H](Nc2cc(Cl)cc3c(NC4CCN(C)CC4)c(C#N)cnc23)c2ccccc2)nn1. The van der Waals surface area contributed by atoms with Gasteiger partial charge in [0, 0.05) is 28.7 Å². The van der Waals surface area contributed by atoms with Gasteiger partial charge in [-0.3, -0.25) is 4.98 Å². The van der Waals surface area contributed by atoms with Crippen LogP contribution in [0.2, 0.25) is 5.02 Å². The van der Waals surface area contributed by atoms with Gasteiger partial charge in [0.2, 0.25) is 0 Å². The van der Waals surface area contributed by atoms with Crippen LogP contribution in [0.5, 0.6) is 0 Å². The highest BCUT2D eigenvalue weighted by atomic mass is 35.5. The molecule has 2 aromatic carbocycles. The lowest BCUT2D eigenvalue weighted by Gasteiger charge is -2.30. The van der Waals surface area contributed by atoms with E-state index in [1.165, 1.54) is 0 Å². The number of benzene rings is 2. The summed E-state index contributed by atoms with van der Waals surface area (Å²) < 4.78 is 1.85. The average Bonchev–Trinajstić information content (AvgIpc) is 3.40. The van der Waals surface area contributed by atoms with E-state index < -0.39 is 0 Å². The van der Waals surface area contributed by atoms with E-state index in [1.807, 2.05) is 41.2 Å². The molecule has 8 nitrogen and oxygen atoms in total. The maximum Gasteiger partial charge on any atom is 0.109 e. The van der Waals surface area contributed by atoms with E-state index in [4.69, 9.17) is 16.6 Å². The molecule has 3 heterocycles. The first-order valence-corrected chi connectivity index (χ1v) is 13.0. The van der Waals surface area contributed by atoms with Gasteiger partial charge in [0.1, 0.15) is 11.8 Å². The smallest absolute Gasteiger partial charge is 0.109 e. The van der Waals surface area contributed by atoms with Crippen LogP contribution in [0.3, 0.4) is 0 Å². The van der Waals surface area contributed by atoms with Crippen molar-refractivity contribution in [2.75, 3.05) is 30.8 Å². The van der Waals surface area contributed by atoms with Crippen molar-refractivity contribution < 1.29 is 0 Å². The highest BCUT2D eigenvalue weighted by Crippen LogP contribution is 2.37. The molecule has 2 N–H and O–H groups in total. The molecule has 1 aliphatic rings. The first kappa shape index (κ1) is 25.0. The molecule has 37 heavy (non-hydrogen) atoms. The van der Waals surface area contributed by atoms with Gasteiger partial charge in [0.15, 0.2) is 0 Å². The number of nitrogens with zero attached hydrogens (tertiary/aromatic N) is 6. The summed E-state index contributed by atoms with van der Waals surface area (Å²) in [7, 11) is 2.14. The predicted octanol–water partition coefficient (Wildman–Crippen LogP) is 5.64. The third-order valence-corrected chi connectivity index (χ3v) is 7.13. The van der Waals surface area contributed by atoms with E-state index in [0.717, 1.165) is 59.5 Å². The number of anilines is 2. The fourth-order valence-electron chi connectivity index (χ4n) is 4.78. The van der Waals surface area contributed by atoms with Crippen LogP contribution >= 0.6 is 11.6 Å². The largest absolute Gasteiger partial charge is 0.381 e. The Kier molecular flexibility index (Phi) is 7.26. The Morgan fingerprint density at radius 2 is 1.89 bits per heavy atom. The van der Waals surface area contributed by atoms with Crippen molar-refractivity contribution in [3.05, 3.63) is 76.7 Å². The van der Waals surface area contributed by atoms with Gasteiger partial charge in [-0.1, -0.05) is 47.1 Å². The Morgan fingerprint density at radius 1 is 1.14 bits per heavy atom. The highest BCUT2D eigenvalue weighted by molar-refractivity contribution is 6.32. The van der Waals surface area contributed by atoms with E-state index in [9.17, 15) is 5.26 Å². The van der Waals surface area contributed by atoms with Crippen molar-refractivity contribution in [2.45, 2.75) is 44.8 Å². The van der Waals surface area contributed by atoms with Crippen molar-refractivity contribution in [1.82, 2.24) is 24.9 Å². The molecule has 0 spiro atoms. The summed E-state index contributed by atoms with van der Waals surface area (Å²) in [6, 6.07) is 16.4. The molecule has 5 rings (SSSR count). The van der Waals surface area contributed by atoms with E-state index in [1.54, 1.807) is 6.20 Å². The zero-order chi connectivity index (χ0) is 25.9. The van der Waals surface area contributed by atoms with Crippen LogP contribution in [-0.4, -0.2) is 51.1 Å². The number of halogens is 1. The lowest BCUT2D eigenvalue weighted by molar-refractivity contribution is 0.264. The van der Waals surface area contributed by atoms with Crippen LogP contribution in [0.25, 0.3) is 10.9 Å². The number of fused-ring (bicyclic) bond motifs is 1. The van der Waals surface area contributed by atoms with Gasteiger partial charge >= 0.3 is 0 Å². The van der Waals surface area contributed by atoms with Crippen LogP contribution in [-0.2, 0) is 0 Å². The van der Waals surface area contributed by atoms with Crippen LogP contribution in [0.15, 0.2) is 54.9 Å². The molecule has 0 radical (unpaired) electrons. The molecule has 0 bridgehead atoms. The Morgan fingerprint density at radius 3 is 2.57 bits per heavy atom. The summed E-state index contributed by atoms with van der Waals surface area (Å²) in [5.41, 5.74) is 4.66. The second-order valence-corrected chi connectivity index (χ2v) is 10.4. The van der Waals surface area contributed by atoms with Crippen LogP contribution < -0.4 is 10.6 Å². The van der Waals surface area contributed by atoms with Crippen molar-refractivity contribution in [3.63, 3.8) is 0 Å². The number of hydrogen-bond donors (Lipinski definition) is 2. The number of rotatable bonds is 7. The zero-order valence-corrected chi connectivity index (χ0v) is 22.1. The van der Waals surface area contributed by atoms with Gasteiger partial charge in [0.25, 0.3) is 0 Å². The summed E-state index contributed by atoms with van der Waals surface area (Å²) in [4.78, 5) is 7.03. The number of nitriles is 1. The van der Waals surface area contributed by atoms with Gasteiger partial charge in [-0.25, -0.2) is 4.68 Å². The number of piperidine rings is 1. The summed E-state index contributed by atoms with van der Waals surface area (Å²) in [6.07, 6.45) is 5.64. The van der Waals surface area contributed by atoms with Crippen molar-refractivity contribution >= 4 is 33.9 Å². The Labute approximate surface area is 222 Å². The zero-order valence-electron chi connectivity index (χ0n) is 21.3. The van der Waals surface area contributed by atoms with Crippen LogP contribution in [0, 0.1) is 11.3 Å². The van der Waals surface area contributed by atoms with E-state index in [0.29, 0.717) is 10.6 Å². The topological polar surface area (TPSA) is 94.7 Å². The Bertz CT molecular complexity index is 1420. The minimum atomic E-state index is -0.266. The number of pyridine rings is 1. The highest BCUT2D eigenvalue weighted by Gasteiger charge is 2.23. The summed E-state index contributed by atoms with van der Waals surface area (Å²) in [5, 5.41) is 27.4. The lowest BCUT2D eigenvalue weighted by atomic mass is 10.0. The van der Waals surface area contributed by atoms with Crippen LogP contribution in [0.1, 0.15) is 55.6 Å². The second kappa shape index (κ2) is 10.8. The molecule has 0 unspecified atom stereocenters. The van der Waals surface area contributed by atoms with E-state index >= 15 is 0 Å². The number of aromatic nitrogens is 4. The van der Waals surface area contributed by atoms with Gasteiger partial charge in [-0.05, 0) is 64.5 Å². The third-order valence-electron chi connectivity index (χ3n) is 6.91. The standard InChI is InChI=1S/C28H31ClN8/c1-18(2)37-17-25(34-35-37)27(19-7-5-4-6-8-19)33-24-14-21(29)13-23-26(20(15-30)16-31-28(23)24)32-22-9-11-36(3)12-10-22/h4-8,13-14,16-18,22,27,33H,9-12H2,1-3H3,(H,31,32)/t27-/m0/s1. The van der Waals surface area contributed by atoms with Crippen molar-refractivity contribution in [2.24, 2.45) is 0 Å². The van der Waals surface area contributed by atoms with Crippen molar-refractivity contribution in [1.29, 1.82) is 5.26 Å². The molecular formula is C28H31ClN8. The normalized spacial score (nSPS) is 15.6. The monoisotopic (exact) mass is 514 g/mol. The van der Waals surface area contributed by atoms with Crippen molar-refractivity contribution in [3.8, 4) is 6.07 Å². The molecule has 1 fully saturated rings. The molecule has 4 aromatic rings. The lowest BCUT2D eigenvalue weighted by Crippen LogP contribution is -2.36. The fraction of sp³-hybridized carbons (Fsp3) is 0.357. The number of nitrogens with one attached hydrogen (secondary N) is 2. The minimum absolute atomic E-state index is 0.198. The molecule has 0 aliphatic carbocycles. The maximum atomic E-state index is 9.87. The first-order chi connectivity index (χ1) is 17.9. The minimum Gasteiger partial charge on any atom is -0.381 e. The van der Waals surface area contributed by atoms with Gasteiger partial charge in [-0.15, -0.1) is 5.10 Å². The molecule has 1 saturated heterocycles. The molecule has 2 aromatic heterocycles.